The topological polar surface area (TPSA) is 47.6 Å². The highest BCUT2D eigenvalue weighted by molar-refractivity contribution is 5.81. The summed E-state index contributed by atoms with van der Waals surface area (Å²) in [4.78, 5) is 12.0. The summed E-state index contributed by atoms with van der Waals surface area (Å²) in [6, 6.07) is 6.09. The summed E-state index contributed by atoms with van der Waals surface area (Å²) in [5.41, 5.74) is 0. The summed E-state index contributed by atoms with van der Waals surface area (Å²) < 4.78 is 24.4. The highest BCUT2D eigenvalue weighted by atomic mass is 19.1. The number of halogens is 1. The molecule has 110 valence electrons. The van der Waals surface area contributed by atoms with Gasteiger partial charge in [-0.25, -0.2) is 4.39 Å². The molecule has 1 aromatic carbocycles. The van der Waals surface area contributed by atoms with Crippen LogP contribution in [-0.2, 0) is 9.53 Å². The molecule has 1 N–H and O–H groups in total. The van der Waals surface area contributed by atoms with Gasteiger partial charge in [-0.1, -0.05) is 19.1 Å². The maximum Gasteiger partial charge on any atom is 0.261 e. The summed E-state index contributed by atoms with van der Waals surface area (Å²) in [6.45, 7) is 3.07. The molecule has 2 rings (SSSR count). The summed E-state index contributed by atoms with van der Waals surface area (Å²) >= 11 is 0. The SMILES string of the molecule is CC[C@@H](Oc1ccccc1F)C(=O)NC[C@@H]1CCCO1. The summed E-state index contributed by atoms with van der Waals surface area (Å²) in [7, 11) is 0. The number of hydrogen-bond acceptors (Lipinski definition) is 3. The summed E-state index contributed by atoms with van der Waals surface area (Å²) in [5.74, 6) is -0.587. The van der Waals surface area contributed by atoms with E-state index in [4.69, 9.17) is 9.47 Å². The van der Waals surface area contributed by atoms with Gasteiger partial charge < -0.3 is 14.8 Å². The highest BCUT2D eigenvalue weighted by Crippen LogP contribution is 2.18. The molecule has 0 saturated carbocycles. The monoisotopic (exact) mass is 281 g/mol. The van der Waals surface area contributed by atoms with Crippen molar-refractivity contribution in [2.75, 3.05) is 13.2 Å². The molecule has 0 aromatic heterocycles. The van der Waals surface area contributed by atoms with E-state index in [0.29, 0.717) is 13.0 Å². The Morgan fingerprint density at radius 3 is 3.00 bits per heavy atom. The van der Waals surface area contributed by atoms with Crippen molar-refractivity contribution in [3.05, 3.63) is 30.1 Å². The Bertz CT molecular complexity index is 446. The van der Waals surface area contributed by atoms with Gasteiger partial charge in [-0.15, -0.1) is 0 Å². The van der Waals surface area contributed by atoms with Gasteiger partial charge in [0.05, 0.1) is 6.10 Å². The first-order valence-corrected chi connectivity index (χ1v) is 7.01. The Balaban J connectivity index is 1.87. The van der Waals surface area contributed by atoms with E-state index in [2.05, 4.69) is 5.32 Å². The van der Waals surface area contributed by atoms with Crippen molar-refractivity contribution in [3.63, 3.8) is 0 Å². The fourth-order valence-corrected chi connectivity index (χ4v) is 2.15. The smallest absolute Gasteiger partial charge is 0.261 e. The van der Waals surface area contributed by atoms with Crippen LogP contribution in [0.1, 0.15) is 26.2 Å². The van der Waals surface area contributed by atoms with E-state index < -0.39 is 11.9 Å². The maximum atomic E-state index is 13.5. The molecule has 1 fully saturated rings. The zero-order valence-electron chi connectivity index (χ0n) is 11.6. The van der Waals surface area contributed by atoms with E-state index in [1.54, 1.807) is 12.1 Å². The van der Waals surface area contributed by atoms with Gasteiger partial charge in [-0.3, -0.25) is 4.79 Å². The zero-order chi connectivity index (χ0) is 14.4. The minimum absolute atomic E-state index is 0.0879. The average molecular weight is 281 g/mol. The number of benzene rings is 1. The minimum atomic E-state index is -0.687. The normalized spacial score (nSPS) is 19.6. The minimum Gasteiger partial charge on any atom is -0.478 e. The van der Waals surface area contributed by atoms with Crippen LogP contribution >= 0.6 is 0 Å². The van der Waals surface area contributed by atoms with E-state index in [9.17, 15) is 9.18 Å². The van der Waals surface area contributed by atoms with Gasteiger partial charge in [0, 0.05) is 13.2 Å². The molecule has 0 spiro atoms. The predicted molar refractivity (Wildman–Crippen MR) is 73.1 cm³/mol. The van der Waals surface area contributed by atoms with Crippen LogP contribution in [0.3, 0.4) is 0 Å². The van der Waals surface area contributed by atoms with Crippen molar-refractivity contribution >= 4 is 5.91 Å². The molecule has 1 aliphatic heterocycles. The van der Waals surface area contributed by atoms with Crippen LogP contribution in [0.15, 0.2) is 24.3 Å². The van der Waals surface area contributed by atoms with E-state index in [1.807, 2.05) is 6.92 Å². The van der Waals surface area contributed by atoms with E-state index in [0.717, 1.165) is 19.4 Å². The largest absolute Gasteiger partial charge is 0.478 e. The van der Waals surface area contributed by atoms with Crippen LogP contribution in [0.5, 0.6) is 5.75 Å². The second-order valence-corrected chi connectivity index (χ2v) is 4.83. The van der Waals surface area contributed by atoms with Crippen molar-refractivity contribution in [2.24, 2.45) is 0 Å². The van der Waals surface area contributed by atoms with Crippen molar-refractivity contribution in [3.8, 4) is 5.75 Å². The fourth-order valence-electron chi connectivity index (χ4n) is 2.15. The van der Waals surface area contributed by atoms with Crippen molar-refractivity contribution < 1.29 is 18.7 Å². The highest BCUT2D eigenvalue weighted by Gasteiger charge is 2.22. The molecule has 1 heterocycles. The van der Waals surface area contributed by atoms with Crippen LogP contribution < -0.4 is 10.1 Å². The Hall–Kier alpha value is -1.62. The molecule has 2 atom stereocenters. The van der Waals surface area contributed by atoms with Crippen LogP contribution in [-0.4, -0.2) is 31.3 Å². The number of ether oxygens (including phenoxy) is 2. The second-order valence-electron chi connectivity index (χ2n) is 4.83. The third kappa shape index (κ3) is 3.93. The van der Waals surface area contributed by atoms with Crippen molar-refractivity contribution in [1.82, 2.24) is 5.32 Å². The Morgan fingerprint density at radius 2 is 2.35 bits per heavy atom. The number of nitrogens with one attached hydrogen (secondary N) is 1. The van der Waals surface area contributed by atoms with E-state index in [-0.39, 0.29) is 17.8 Å². The number of rotatable bonds is 6. The molecular weight excluding hydrogens is 261 g/mol. The van der Waals surface area contributed by atoms with Crippen LogP contribution in [0.25, 0.3) is 0 Å². The molecule has 0 aliphatic carbocycles. The Labute approximate surface area is 118 Å². The maximum absolute atomic E-state index is 13.5. The van der Waals surface area contributed by atoms with Crippen LogP contribution in [0, 0.1) is 5.82 Å². The second kappa shape index (κ2) is 7.24. The molecule has 20 heavy (non-hydrogen) atoms. The summed E-state index contributed by atoms with van der Waals surface area (Å²) in [5, 5.41) is 2.80. The standard InChI is InChI=1S/C15H20FNO3/c1-2-13(20-14-8-4-3-7-12(14)16)15(18)17-10-11-6-5-9-19-11/h3-4,7-8,11,13H,2,5-6,9-10H2,1H3,(H,17,18)/t11-,13+/m0/s1. The fraction of sp³-hybridized carbons (Fsp3) is 0.533. The van der Waals surface area contributed by atoms with Gasteiger partial charge in [0.25, 0.3) is 5.91 Å². The van der Waals surface area contributed by atoms with Gasteiger partial charge in [0.1, 0.15) is 0 Å². The lowest BCUT2D eigenvalue weighted by Gasteiger charge is -2.18. The molecule has 1 aliphatic rings. The molecule has 0 bridgehead atoms. The first kappa shape index (κ1) is 14.8. The third-order valence-corrected chi connectivity index (χ3v) is 3.30. The zero-order valence-corrected chi connectivity index (χ0v) is 11.6. The molecular formula is C15H20FNO3. The average Bonchev–Trinajstić information content (AvgIpc) is 2.97. The van der Waals surface area contributed by atoms with Crippen LogP contribution in [0.4, 0.5) is 4.39 Å². The molecule has 0 unspecified atom stereocenters. The van der Waals surface area contributed by atoms with Gasteiger partial charge in [-0.05, 0) is 31.4 Å². The third-order valence-electron chi connectivity index (χ3n) is 3.30. The van der Waals surface area contributed by atoms with Crippen LogP contribution in [0.2, 0.25) is 0 Å². The Morgan fingerprint density at radius 1 is 1.55 bits per heavy atom. The number of hydrogen-bond donors (Lipinski definition) is 1. The predicted octanol–water partition coefficient (Wildman–Crippen LogP) is 2.28. The lowest BCUT2D eigenvalue weighted by Crippen LogP contribution is -2.41. The molecule has 1 amide bonds. The Kier molecular flexibility index (Phi) is 5.35. The van der Waals surface area contributed by atoms with Gasteiger partial charge >= 0.3 is 0 Å². The molecule has 5 heteroatoms. The molecule has 4 nitrogen and oxygen atoms in total. The first-order chi connectivity index (χ1) is 9.70. The number of amides is 1. The molecule has 1 aromatic rings. The lowest BCUT2D eigenvalue weighted by molar-refractivity contribution is -0.128. The number of para-hydroxylation sites is 1. The number of carbonyl (C=O) groups excluding carboxylic acids is 1. The van der Waals surface area contributed by atoms with Gasteiger partial charge in [-0.2, -0.15) is 0 Å². The quantitative estimate of drug-likeness (QED) is 0.870. The molecule has 1 saturated heterocycles. The van der Waals surface area contributed by atoms with E-state index >= 15 is 0 Å². The number of carbonyl (C=O) groups is 1. The first-order valence-electron chi connectivity index (χ1n) is 7.01. The van der Waals surface area contributed by atoms with Crippen molar-refractivity contribution in [1.29, 1.82) is 0 Å². The van der Waals surface area contributed by atoms with Gasteiger partial charge in [0.15, 0.2) is 17.7 Å². The van der Waals surface area contributed by atoms with Gasteiger partial charge in [0.2, 0.25) is 0 Å². The lowest BCUT2D eigenvalue weighted by atomic mass is 10.2. The van der Waals surface area contributed by atoms with E-state index in [1.165, 1.54) is 12.1 Å². The molecule has 0 radical (unpaired) electrons. The summed E-state index contributed by atoms with van der Waals surface area (Å²) in [6.07, 6.45) is 1.87. The van der Waals surface area contributed by atoms with Crippen molar-refractivity contribution in [2.45, 2.75) is 38.4 Å².